The topological polar surface area (TPSA) is 237 Å². The lowest BCUT2D eigenvalue weighted by atomic mass is 10.1. The van der Waals surface area contributed by atoms with Crippen molar-refractivity contribution < 1.29 is 80.2 Å². The number of phosphoric acid groups is 2. The predicted molar refractivity (Wildman–Crippen MR) is 418 cm³/mol. The second kappa shape index (κ2) is 74.7. The van der Waals surface area contributed by atoms with Gasteiger partial charge in [0.1, 0.15) is 19.3 Å². The number of aliphatic hydroxyl groups is 1. The zero-order valence-corrected chi connectivity index (χ0v) is 65.8. The fraction of sp³-hybridized carbons (Fsp3) is 0.711. The zero-order valence-electron chi connectivity index (χ0n) is 64.0. The van der Waals surface area contributed by atoms with Crippen LogP contribution >= 0.6 is 15.6 Å². The molecule has 5 atom stereocenters. The number of phosphoric ester groups is 2. The number of unbranched alkanes of at least 4 members (excludes halogenated alkanes) is 28. The highest BCUT2D eigenvalue weighted by atomic mass is 31.2. The van der Waals surface area contributed by atoms with E-state index in [4.69, 9.17) is 37.0 Å². The van der Waals surface area contributed by atoms with Gasteiger partial charge in [-0.25, -0.2) is 9.13 Å². The van der Waals surface area contributed by atoms with Crippen molar-refractivity contribution in [2.75, 3.05) is 39.6 Å². The highest BCUT2D eigenvalue weighted by Gasteiger charge is 2.30. The Morgan fingerprint density at radius 2 is 0.490 bits per heavy atom. The number of allylic oxidation sites excluding steroid dienone is 20. The van der Waals surface area contributed by atoms with Gasteiger partial charge in [-0.05, 0) is 154 Å². The predicted octanol–water partition coefficient (Wildman–Crippen LogP) is 23.1. The maximum atomic E-state index is 13.1. The largest absolute Gasteiger partial charge is 0.472 e. The SMILES string of the molecule is CCCCC/C=C\C/C=C\C/C=C\C/C=C\CCCC(=O)OC[C@H](COP(=O)(O)OC[C@H](O)COP(=O)(O)OC[C@@H](COC(=O)CCC/C=C\C/C=C\C/C=C\C/C=C\CCCCC)OC(=O)CCCCCCCCC/C=C\CCCCCC)OC(=O)CCCCCCC/C=C\CCCCCC. The lowest BCUT2D eigenvalue weighted by Crippen LogP contribution is -2.30. The summed E-state index contributed by atoms with van der Waals surface area (Å²) in [6.45, 7) is 4.67. The van der Waals surface area contributed by atoms with Crippen molar-refractivity contribution in [1.29, 1.82) is 0 Å². The normalized spacial score (nSPS) is 14.5. The van der Waals surface area contributed by atoms with E-state index in [-0.39, 0.29) is 25.7 Å². The fourth-order valence-corrected chi connectivity index (χ4v) is 11.8. The van der Waals surface area contributed by atoms with Crippen molar-refractivity contribution in [2.24, 2.45) is 0 Å². The van der Waals surface area contributed by atoms with Crippen molar-refractivity contribution in [3.8, 4) is 0 Å². The number of carbonyl (C=O) groups is 4. The molecule has 0 amide bonds. The lowest BCUT2D eigenvalue weighted by molar-refractivity contribution is -0.161. The van der Waals surface area contributed by atoms with Crippen molar-refractivity contribution in [2.45, 2.75) is 341 Å². The first-order valence-corrected chi connectivity index (χ1v) is 42.8. The monoisotopic (exact) mass is 1470 g/mol. The Hall–Kier alpha value is -4.54. The van der Waals surface area contributed by atoms with Crippen molar-refractivity contribution >= 4 is 39.5 Å². The summed E-state index contributed by atoms with van der Waals surface area (Å²) < 4.78 is 68.5. The number of carbonyl (C=O) groups excluding carboxylic acids is 4. The summed E-state index contributed by atoms with van der Waals surface area (Å²) in [4.78, 5) is 72.9. The minimum Gasteiger partial charge on any atom is -0.462 e. The molecule has 0 aromatic heterocycles. The molecule has 0 bridgehead atoms. The number of hydrogen-bond acceptors (Lipinski definition) is 15. The molecule has 0 aliphatic rings. The molecule has 3 N–H and O–H groups in total. The third-order valence-corrected chi connectivity index (χ3v) is 18.3. The van der Waals surface area contributed by atoms with Crippen molar-refractivity contribution in [3.05, 3.63) is 122 Å². The molecule has 0 aromatic carbocycles. The molecular weight excluding hydrogens is 1330 g/mol. The molecule has 0 rings (SSSR count). The minimum absolute atomic E-state index is 0.0704. The van der Waals surface area contributed by atoms with E-state index in [9.17, 15) is 43.2 Å². The van der Waals surface area contributed by atoms with Crippen LogP contribution < -0.4 is 0 Å². The summed E-state index contributed by atoms with van der Waals surface area (Å²) in [6.07, 6.45) is 81.9. The number of ether oxygens (including phenoxy) is 4. The summed E-state index contributed by atoms with van der Waals surface area (Å²) >= 11 is 0. The second-order valence-electron chi connectivity index (χ2n) is 26.3. The zero-order chi connectivity index (χ0) is 74.6. The highest BCUT2D eigenvalue weighted by molar-refractivity contribution is 7.47. The van der Waals surface area contributed by atoms with E-state index in [0.717, 1.165) is 141 Å². The van der Waals surface area contributed by atoms with Gasteiger partial charge in [0.15, 0.2) is 12.2 Å². The molecule has 0 fully saturated rings. The summed E-state index contributed by atoms with van der Waals surface area (Å²) in [7, 11) is -9.99. The van der Waals surface area contributed by atoms with E-state index in [2.05, 4.69) is 125 Å². The number of hydrogen-bond donors (Lipinski definition) is 3. The molecule has 19 heteroatoms. The Morgan fingerprint density at radius 1 is 0.275 bits per heavy atom. The maximum absolute atomic E-state index is 13.1. The van der Waals surface area contributed by atoms with Gasteiger partial charge in [-0.15, -0.1) is 0 Å². The molecule has 17 nitrogen and oxygen atoms in total. The van der Waals surface area contributed by atoms with E-state index in [1.807, 2.05) is 24.3 Å². The molecule has 2 unspecified atom stereocenters. The molecule has 0 aliphatic heterocycles. The lowest BCUT2D eigenvalue weighted by Gasteiger charge is -2.21. The van der Waals surface area contributed by atoms with Crippen LogP contribution in [0.4, 0.5) is 0 Å². The van der Waals surface area contributed by atoms with Crippen LogP contribution in [0.1, 0.15) is 323 Å². The summed E-state index contributed by atoms with van der Waals surface area (Å²) in [5.74, 6) is -2.31. The van der Waals surface area contributed by atoms with Crippen LogP contribution in [0.2, 0.25) is 0 Å². The van der Waals surface area contributed by atoms with Gasteiger partial charge < -0.3 is 33.8 Å². The molecule has 0 heterocycles. The van der Waals surface area contributed by atoms with E-state index in [1.54, 1.807) is 0 Å². The van der Waals surface area contributed by atoms with Gasteiger partial charge in [-0.2, -0.15) is 0 Å². The number of rotatable bonds is 74. The molecule has 0 radical (unpaired) electrons. The van der Waals surface area contributed by atoms with Gasteiger partial charge >= 0.3 is 39.5 Å². The minimum atomic E-state index is -4.99. The molecular formula is C83H142O17P2. The van der Waals surface area contributed by atoms with Crippen LogP contribution in [0.25, 0.3) is 0 Å². The molecule has 102 heavy (non-hydrogen) atoms. The smallest absolute Gasteiger partial charge is 0.462 e. The summed E-state index contributed by atoms with van der Waals surface area (Å²) in [5.41, 5.74) is 0. The summed E-state index contributed by atoms with van der Waals surface area (Å²) in [6, 6.07) is 0. The van der Waals surface area contributed by atoms with Crippen LogP contribution in [0, 0.1) is 0 Å². The van der Waals surface area contributed by atoms with E-state index >= 15 is 0 Å². The Bertz CT molecular complexity index is 2410. The Morgan fingerprint density at radius 3 is 0.794 bits per heavy atom. The first kappa shape index (κ1) is 97.5. The maximum Gasteiger partial charge on any atom is 0.472 e. The van der Waals surface area contributed by atoms with E-state index in [0.29, 0.717) is 38.5 Å². The van der Waals surface area contributed by atoms with Crippen LogP contribution in [0.15, 0.2) is 122 Å². The first-order valence-electron chi connectivity index (χ1n) is 39.8. The molecule has 0 saturated heterocycles. The van der Waals surface area contributed by atoms with Crippen LogP contribution in [-0.4, -0.2) is 96.7 Å². The van der Waals surface area contributed by atoms with Gasteiger partial charge in [0.25, 0.3) is 0 Å². The number of aliphatic hydroxyl groups excluding tert-OH is 1. The average molecular weight is 1470 g/mol. The third kappa shape index (κ3) is 73.8. The van der Waals surface area contributed by atoms with Gasteiger partial charge in [0, 0.05) is 25.7 Å². The van der Waals surface area contributed by atoms with Gasteiger partial charge in [0.05, 0.1) is 26.4 Å². The Labute approximate surface area is 619 Å². The van der Waals surface area contributed by atoms with Crippen LogP contribution in [-0.2, 0) is 65.4 Å². The Kier molecular flexibility index (Phi) is 71.4. The quantitative estimate of drug-likeness (QED) is 0.0169. The molecule has 0 aromatic rings. The molecule has 0 saturated carbocycles. The van der Waals surface area contributed by atoms with Gasteiger partial charge in [-0.3, -0.25) is 37.3 Å². The fourth-order valence-electron chi connectivity index (χ4n) is 10.3. The van der Waals surface area contributed by atoms with E-state index in [1.165, 1.54) is 89.9 Å². The van der Waals surface area contributed by atoms with Gasteiger partial charge in [0.2, 0.25) is 0 Å². The summed E-state index contributed by atoms with van der Waals surface area (Å²) in [5, 5.41) is 10.6. The molecule has 0 spiro atoms. The van der Waals surface area contributed by atoms with Crippen molar-refractivity contribution in [3.63, 3.8) is 0 Å². The molecule has 586 valence electrons. The number of esters is 4. The van der Waals surface area contributed by atoms with Crippen LogP contribution in [0.5, 0.6) is 0 Å². The Balaban J connectivity index is 5.45. The molecule has 0 aliphatic carbocycles. The second-order valence-corrected chi connectivity index (χ2v) is 29.2. The van der Waals surface area contributed by atoms with Crippen LogP contribution in [0.3, 0.4) is 0 Å². The average Bonchev–Trinajstić information content (AvgIpc) is 0.908. The highest BCUT2D eigenvalue weighted by Crippen LogP contribution is 2.45. The first-order chi connectivity index (χ1) is 49.7. The van der Waals surface area contributed by atoms with Gasteiger partial charge in [-0.1, -0.05) is 265 Å². The van der Waals surface area contributed by atoms with E-state index < -0.39 is 97.5 Å². The third-order valence-electron chi connectivity index (χ3n) is 16.4. The standard InChI is InChI=1S/C83H142O17P2/c1-5-9-13-17-21-25-29-33-36-38-41-44-47-51-55-59-63-67-80(85)93-73-78(99-82(87)69-65-61-57-53-49-43-32-28-24-20-16-12-8-4)75-97-101(89,90)95-71-77(84)72-96-102(91,92)98-76-79(100-83(88)70-66-62-58-54-50-46-40-35-31-27-23-19-15-11-7-3)74-94-81(86)68-64-60-56-52-48-45-42-39-37-34-30-26-22-18-14-10-6-2/h21-22,25-28,31-34,36-37,41-42,44-45,51-52,55-56,77-79,84H,5-20,23-24,29-30,35,38-40,43,46-50,53-54,57-76H2,1-4H3,(H,89,90)(H,91,92)/b25-21-,26-22-,31-27-,32-28-,36-33-,37-34-,44-41-,45-42-,55-51-,56-52-/t77-,78+,79+/m0/s1. The van der Waals surface area contributed by atoms with Crippen molar-refractivity contribution in [1.82, 2.24) is 0 Å².